The van der Waals surface area contributed by atoms with Crippen LogP contribution >= 0.6 is 0 Å². The Labute approximate surface area is 162 Å². The van der Waals surface area contributed by atoms with E-state index in [2.05, 4.69) is 5.32 Å². The highest BCUT2D eigenvalue weighted by atomic mass is 16.6. The average molecular weight is 390 g/mol. The zero-order chi connectivity index (χ0) is 20.4. The van der Waals surface area contributed by atoms with Gasteiger partial charge in [-0.1, -0.05) is 0 Å². The Bertz CT molecular complexity index is 772. The van der Waals surface area contributed by atoms with Gasteiger partial charge in [0.2, 0.25) is 5.91 Å². The zero-order valence-corrected chi connectivity index (χ0v) is 15.7. The number of nitrogens with zero attached hydrogens (tertiary/aromatic N) is 1. The molecule has 0 unspecified atom stereocenters. The maximum Gasteiger partial charge on any atom is 0.344 e. The molecule has 2 amide bonds. The molecule has 0 saturated carbocycles. The molecule has 150 valence electrons. The van der Waals surface area contributed by atoms with Crippen molar-refractivity contribution in [1.29, 1.82) is 0 Å². The fourth-order valence-electron chi connectivity index (χ4n) is 2.07. The molecule has 0 saturated heterocycles. The van der Waals surface area contributed by atoms with E-state index < -0.39 is 18.5 Å². The summed E-state index contributed by atoms with van der Waals surface area (Å²) in [6.07, 6.45) is 1.50. The number of carbonyl (C=O) groups excluding carboxylic acids is 3. The van der Waals surface area contributed by atoms with Crippen LogP contribution in [0.4, 0.5) is 0 Å². The third-order valence-corrected chi connectivity index (χ3v) is 3.62. The van der Waals surface area contributed by atoms with E-state index >= 15 is 0 Å². The first-order chi connectivity index (χ1) is 13.5. The minimum absolute atomic E-state index is 0.167. The summed E-state index contributed by atoms with van der Waals surface area (Å²) in [6, 6.07) is 10.1. The summed E-state index contributed by atoms with van der Waals surface area (Å²) in [5.41, 5.74) is 0. The molecule has 0 radical (unpaired) electrons. The van der Waals surface area contributed by atoms with E-state index in [0.29, 0.717) is 17.3 Å². The number of carbonyl (C=O) groups is 3. The first-order valence-electron chi connectivity index (χ1n) is 8.43. The van der Waals surface area contributed by atoms with Crippen molar-refractivity contribution in [3.05, 3.63) is 48.4 Å². The van der Waals surface area contributed by atoms with Crippen LogP contribution in [0.25, 0.3) is 0 Å². The molecule has 2 rings (SSSR count). The number of nitrogens with one attached hydrogen (secondary N) is 1. The molecule has 0 spiro atoms. The number of amides is 2. The van der Waals surface area contributed by atoms with Crippen LogP contribution in [-0.2, 0) is 25.7 Å². The van der Waals surface area contributed by atoms with Crippen LogP contribution in [-0.4, -0.2) is 56.6 Å². The number of likely N-dealkylation sites (N-methyl/N-ethyl adjacent to an activating group) is 1. The standard InChI is InChI=1S/C19H22N2O7/c1-21(11-17(22)20-10-16-4-3-9-26-16)18(23)12-28-19(24)13-27-15-7-5-14(25-2)6-8-15/h3-9H,10-13H2,1-2H3,(H,20,22). The number of rotatable bonds is 10. The van der Waals surface area contributed by atoms with Gasteiger partial charge in [-0.2, -0.15) is 0 Å². The van der Waals surface area contributed by atoms with Crippen LogP contribution < -0.4 is 14.8 Å². The highest BCUT2D eigenvalue weighted by Crippen LogP contribution is 2.16. The quantitative estimate of drug-likeness (QED) is 0.603. The van der Waals surface area contributed by atoms with Gasteiger partial charge in [0.05, 0.1) is 26.5 Å². The molecule has 1 heterocycles. The molecule has 9 nitrogen and oxygen atoms in total. The van der Waals surface area contributed by atoms with Gasteiger partial charge in [0, 0.05) is 7.05 Å². The van der Waals surface area contributed by atoms with E-state index in [-0.39, 0.29) is 25.6 Å². The third kappa shape index (κ3) is 7.02. The number of benzene rings is 1. The zero-order valence-electron chi connectivity index (χ0n) is 15.7. The van der Waals surface area contributed by atoms with Gasteiger partial charge in [-0.05, 0) is 36.4 Å². The van der Waals surface area contributed by atoms with E-state index in [4.69, 9.17) is 18.6 Å². The summed E-state index contributed by atoms with van der Waals surface area (Å²) < 4.78 is 20.2. The minimum Gasteiger partial charge on any atom is -0.497 e. The predicted molar refractivity (Wildman–Crippen MR) is 97.6 cm³/mol. The van der Waals surface area contributed by atoms with Crippen molar-refractivity contribution in [2.45, 2.75) is 6.54 Å². The lowest BCUT2D eigenvalue weighted by molar-refractivity contribution is -0.153. The van der Waals surface area contributed by atoms with Crippen LogP contribution in [0.2, 0.25) is 0 Å². The van der Waals surface area contributed by atoms with E-state index in [9.17, 15) is 14.4 Å². The van der Waals surface area contributed by atoms with Gasteiger partial charge < -0.3 is 28.8 Å². The van der Waals surface area contributed by atoms with E-state index in [1.165, 1.54) is 13.3 Å². The smallest absolute Gasteiger partial charge is 0.344 e. The highest BCUT2D eigenvalue weighted by molar-refractivity contribution is 5.86. The van der Waals surface area contributed by atoms with Crippen LogP contribution in [0, 0.1) is 0 Å². The first-order valence-corrected chi connectivity index (χ1v) is 8.43. The SMILES string of the molecule is COc1ccc(OCC(=O)OCC(=O)N(C)CC(=O)NCc2ccco2)cc1. The maximum absolute atomic E-state index is 12.0. The van der Waals surface area contributed by atoms with Crippen molar-refractivity contribution in [2.75, 3.05) is 33.9 Å². The Balaban J connectivity index is 1.64. The van der Waals surface area contributed by atoms with Crippen LogP contribution in [0.5, 0.6) is 11.5 Å². The summed E-state index contributed by atoms with van der Waals surface area (Å²) in [5, 5.41) is 2.62. The molecular formula is C19H22N2O7. The predicted octanol–water partition coefficient (Wildman–Crippen LogP) is 0.985. The van der Waals surface area contributed by atoms with Crippen molar-refractivity contribution >= 4 is 17.8 Å². The molecule has 0 aliphatic rings. The molecule has 28 heavy (non-hydrogen) atoms. The molecular weight excluding hydrogens is 368 g/mol. The van der Waals surface area contributed by atoms with Gasteiger partial charge in [0.25, 0.3) is 5.91 Å². The normalized spacial score (nSPS) is 10.1. The molecule has 1 N–H and O–H groups in total. The monoisotopic (exact) mass is 390 g/mol. The molecule has 0 aliphatic carbocycles. The van der Waals surface area contributed by atoms with Gasteiger partial charge >= 0.3 is 5.97 Å². The Kier molecular flexibility index (Phi) is 7.89. The second-order valence-electron chi connectivity index (χ2n) is 5.73. The minimum atomic E-state index is -0.695. The summed E-state index contributed by atoms with van der Waals surface area (Å²) in [4.78, 5) is 36.6. The Hall–Kier alpha value is -3.49. The highest BCUT2D eigenvalue weighted by Gasteiger charge is 2.15. The molecule has 1 aromatic carbocycles. The third-order valence-electron chi connectivity index (χ3n) is 3.62. The average Bonchev–Trinajstić information content (AvgIpc) is 3.22. The molecule has 0 aliphatic heterocycles. The topological polar surface area (TPSA) is 107 Å². The van der Waals surface area contributed by atoms with Crippen molar-refractivity contribution in [1.82, 2.24) is 10.2 Å². The maximum atomic E-state index is 12.0. The molecule has 9 heteroatoms. The number of esters is 1. The second kappa shape index (κ2) is 10.6. The lowest BCUT2D eigenvalue weighted by Gasteiger charge is -2.16. The van der Waals surface area contributed by atoms with Crippen molar-refractivity contribution in [3.63, 3.8) is 0 Å². The largest absolute Gasteiger partial charge is 0.497 e. The number of furan rings is 1. The van der Waals surface area contributed by atoms with E-state index in [0.717, 1.165) is 4.90 Å². The molecule has 0 bridgehead atoms. The van der Waals surface area contributed by atoms with Gasteiger partial charge in [-0.25, -0.2) is 4.79 Å². The number of hydrogen-bond donors (Lipinski definition) is 1. The molecule has 2 aromatic rings. The lowest BCUT2D eigenvalue weighted by atomic mass is 10.3. The molecule has 0 fully saturated rings. The van der Waals surface area contributed by atoms with Gasteiger partial charge in [-0.3, -0.25) is 9.59 Å². The fourth-order valence-corrected chi connectivity index (χ4v) is 2.07. The van der Waals surface area contributed by atoms with Crippen LogP contribution in [0.3, 0.4) is 0 Å². The summed E-state index contributed by atoms with van der Waals surface area (Å²) in [7, 11) is 2.99. The number of ether oxygens (including phenoxy) is 3. The second-order valence-corrected chi connectivity index (χ2v) is 5.73. The van der Waals surface area contributed by atoms with Crippen molar-refractivity contribution in [2.24, 2.45) is 0 Å². The Morgan fingerprint density at radius 3 is 2.43 bits per heavy atom. The van der Waals surface area contributed by atoms with Gasteiger partial charge in [-0.15, -0.1) is 0 Å². The fraction of sp³-hybridized carbons (Fsp3) is 0.316. The summed E-state index contributed by atoms with van der Waals surface area (Å²) in [5.74, 6) is 0.173. The van der Waals surface area contributed by atoms with Crippen LogP contribution in [0.15, 0.2) is 47.1 Å². The Morgan fingerprint density at radius 2 is 1.79 bits per heavy atom. The first kappa shape index (κ1) is 20.8. The molecule has 1 aromatic heterocycles. The summed E-state index contributed by atoms with van der Waals surface area (Å²) in [6.45, 7) is -0.759. The van der Waals surface area contributed by atoms with Crippen molar-refractivity contribution in [3.8, 4) is 11.5 Å². The lowest BCUT2D eigenvalue weighted by Crippen LogP contribution is -2.40. The van der Waals surface area contributed by atoms with Crippen molar-refractivity contribution < 1.29 is 33.0 Å². The van der Waals surface area contributed by atoms with E-state index in [1.54, 1.807) is 43.5 Å². The van der Waals surface area contributed by atoms with Gasteiger partial charge in [0.1, 0.15) is 17.3 Å². The number of methoxy groups -OCH3 is 1. The van der Waals surface area contributed by atoms with Crippen LogP contribution in [0.1, 0.15) is 5.76 Å². The van der Waals surface area contributed by atoms with E-state index in [1.807, 2.05) is 0 Å². The number of hydrogen-bond acceptors (Lipinski definition) is 7. The van der Waals surface area contributed by atoms with Gasteiger partial charge in [0.15, 0.2) is 13.2 Å². The Morgan fingerprint density at radius 1 is 1.07 bits per heavy atom. The molecule has 0 atom stereocenters. The summed E-state index contributed by atoms with van der Waals surface area (Å²) >= 11 is 0.